The molecule has 2 atom stereocenters. The van der Waals surface area contributed by atoms with Gasteiger partial charge in [0.05, 0.1) is 21.9 Å². The minimum absolute atomic E-state index is 0.0453. The number of alkyl halides is 3. The van der Waals surface area contributed by atoms with Crippen LogP contribution in [0.5, 0.6) is 0 Å². The molecule has 2 unspecified atom stereocenters. The molecular weight excluding hydrogens is 534 g/mol. The molecule has 1 N–H and O–H groups in total. The predicted octanol–water partition coefficient (Wildman–Crippen LogP) is 4.87. The molecule has 2 saturated heterocycles. The monoisotopic (exact) mass is 559 g/mol. The second-order valence-corrected chi connectivity index (χ2v) is 12.9. The molecule has 1 amide bonds. The minimum Gasteiger partial charge on any atom is -0.367 e. The maximum atomic E-state index is 14.3. The molecule has 2 aromatic rings. The van der Waals surface area contributed by atoms with Crippen LogP contribution in [0.3, 0.4) is 0 Å². The number of carbonyl (C=O) groups excluding carboxylic acids is 1. The van der Waals surface area contributed by atoms with Crippen molar-refractivity contribution in [3.05, 3.63) is 58.0 Å². The van der Waals surface area contributed by atoms with Crippen LogP contribution < -0.4 is 5.32 Å². The Morgan fingerprint density at radius 1 is 1.11 bits per heavy atom. The molecule has 37 heavy (non-hydrogen) atoms. The molecule has 1 spiro atoms. The molecule has 3 aliphatic rings. The lowest BCUT2D eigenvalue weighted by atomic mass is 9.73. The van der Waals surface area contributed by atoms with Gasteiger partial charge >= 0.3 is 6.18 Å². The van der Waals surface area contributed by atoms with Crippen LogP contribution in [-0.4, -0.2) is 54.5 Å². The Morgan fingerprint density at radius 2 is 1.84 bits per heavy atom. The molecule has 1 aromatic carbocycles. The van der Waals surface area contributed by atoms with Gasteiger partial charge in [0.15, 0.2) is 6.04 Å². The largest absolute Gasteiger partial charge is 0.413 e. The lowest BCUT2D eigenvalue weighted by Gasteiger charge is -2.46. The molecular formula is C25H26ClF4N3O3S. The van der Waals surface area contributed by atoms with Crippen LogP contribution in [0.15, 0.2) is 30.5 Å². The summed E-state index contributed by atoms with van der Waals surface area (Å²) >= 11 is 5.86. The Labute approximate surface area is 217 Å². The van der Waals surface area contributed by atoms with Gasteiger partial charge in [-0.1, -0.05) is 23.7 Å². The van der Waals surface area contributed by atoms with Crippen LogP contribution in [-0.2, 0) is 27.5 Å². The van der Waals surface area contributed by atoms with Crippen molar-refractivity contribution >= 4 is 33.2 Å². The van der Waals surface area contributed by atoms with E-state index in [9.17, 15) is 30.8 Å². The highest BCUT2D eigenvalue weighted by molar-refractivity contribution is 7.91. The fourth-order valence-electron chi connectivity index (χ4n) is 5.88. The third-order valence-electron chi connectivity index (χ3n) is 7.84. The number of aromatic nitrogens is 1. The summed E-state index contributed by atoms with van der Waals surface area (Å²) in [5, 5.41) is 3.19. The number of anilines is 1. The number of sulfone groups is 1. The third kappa shape index (κ3) is 5.04. The van der Waals surface area contributed by atoms with E-state index in [1.54, 1.807) is 6.07 Å². The van der Waals surface area contributed by atoms with Crippen molar-refractivity contribution in [1.29, 1.82) is 0 Å². The molecule has 6 nitrogen and oxygen atoms in total. The van der Waals surface area contributed by atoms with Gasteiger partial charge in [-0.15, -0.1) is 0 Å². The molecule has 2 fully saturated rings. The summed E-state index contributed by atoms with van der Waals surface area (Å²) in [4.78, 5) is 18.4. The fraction of sp³-hybridized carbons (Fsp3) is 0.520. The van der Waals surface area contributed by atoms with Crippen molar-refractivity contribution in [2.45, 2.75) is 56.8 Å². The lowest BCUT2D eigenvalue weighted by molar-refractivity contribution is -0.200. The van der Waals surface area contributed by atoms with Crippen LogP contribution in [0.4, 0.5) is 23.4 Å². The van der Waals surface area contributed by atoms with Gasteiger partial charge in [0.2, 0.25) is 5.91 Å². The van der Waals surface area contributed by atoms with E-state index in [1.807, 2.05) is 0 Å². The molecule has 0 radical (unpaired) electrons. The molecule has 3 heterocycles. The summed E-state index contributed by atoms with van der Waals surface area (Å²) in [6.07, 6.45) is -1.88. The van der Waals surface area contributed by atoms with Gasteiger partial charge < -0.3 is 10.2 Å². The first kappa shape index (κ1) is 26.2. The zero-order valence-electron chi connectivity index (χ0n) is 19.8. The minimum atomic E-state index is -4.74. The van der Waals surface area contributed by atoms with E-state index in [0.29, 0.717) is 37.1 Å². The zero-order chi connectivity index (χ0) is 26.6. The summed E-state index contributed by atoms with van der Waals surface area (Å²) in [5.41, 5.74) is 0.102. The highest BCUT2D eigenvalue weighted by Crippen LogP contribution is 2.47. The van der Waals surface area contributed by atoms with Gasteiger partial charge in [0.1, 0.15) is 21.5 Å². The number of pyridine rings is 1. The second kappa shape index (κ2) is 9.41. The van der Waals surface area contributed by atoms with Crippen LogP contribution in [0.2, 0.25) is 5.02 Å². The molecule has 1 aliphatic carbocycles. The Morgan fingerprint density at radius 3 is 2.49 bits per heavy atom. The lowest BCUT2D eigenvalue weighted by Crippen LogP contribution is -2.55. The first-order chi connectivity index (χ1) is 17.4. The molecule has 12 heteroatoms. The Hall–Kier alpha value is -2.40. The number of fused-ring (bicyclic) bond motifs is 1. The number of rotatable bonds is 4. The molecule has 0 bridgehead atoms. The standard InChI is InChI=1S/C25H26ClF4N3O3S/c26-19-4-2-15-12-17(13-18(15)21(19)27)32-20-5-3-16(14-31-20)22(25(28,29)30)33-9-1-6-24(23(33)34)7-10-37(35,36)11-8-24/h2-5,14,17,22H,1,6-13H2,(H,31,32). The number of hydrogen-bond acceptors (Lipinski definition) is 5. The van der Waals surface area contributed by atoms with Gasteiger partial charge in [-0.3, -0.25) is 4.79 Å². The highest BCUT2D eigenvalue weighted by atomic mass is 35.5. The highest BCUT2D eigenvalue weighted by Gasteiger charge is 2.54. The van der Waals surface area contributed by atoms with E-state index in [2.05, 4.69) is 10.3 Å². The van der Waals surface area contributed by atoms with Crippen molar-refractivity contribution in [3.8, 4) is 0 Å². The van der Waals surface area contributed by atoms with Gasteiger partial charge in [0.25, 0.3) is 0 Å². The van der Waals surface area contributed by atoms with E-state index < -0.39 is 39.2 Å². The Bertz CT molecular complexity index is 1300. The van der Waals surface area contributed by atoms with Crippen molar-refractivity contribution in [2.75, 3.05) is 23.4 Å². The zero-order valence-corrected chi connectivity index (χ0v) is 21.4. The number of amides is 1. The van der Waals surface area contributed by atoms with Crippen molar-refractivity contribution in [3.63, 3.8) is 0 Å². The van der Waals surface area contributed by atoms with Crippen LogP contribution in [0.1, 0.15) is 48.4 Å². The second-order valence-electron chi connectivity index (χ2n) is 10.2. The molecule has 200 valence electrons. The smallest absolute Gasteiger partial charge is 0.367 e. The van der Waals surface area contributed by atoms with E-state index in [1.165, 1.54) is 18.2 Å². The first-order valence-electron chi connectivity index (χ1n) is 12.1. The summed E-state index contributed by atoms with van der Waals surface area (Å²) in [7, 11) is -3.27. The van der Waals surface area contributed by atoms with Gasteiger partial charge in [-0.05, 0) is 61.8 Å². The fourth-order valence-corrected chi connectivity index (χ4v) is 7.66. The molecule has 5 rings (SSSR count). The molecule has 0 saturated carbocycles. The maximum Gasteiger partial charge on any atom is 0.413 e. The van der Waals surface area contributed by atoms with E-state index in [4.69, 9.17) is 11.6 Å². The quantitative estimate of drug-likeness (QED) is 0.541. The average molecular weight is 560 g/mol. The number of carbonyl (C=O) groups is 1. The summed E-state index contributed by atoms with van der Waals surface area (Å²) in [6, 6.07) is 3.62. The normalized spacial score (nSPS) is 23.6. The number of hydrogen-bond donors (Lipinski definition) is 1. The van der Waals surface area contributed by atoms with E-state index in [-0.39, 0.29) is 47.5 Å². The number of nitrogens with zero attached hydrogens (tertiary/aromatic N) is 2. The van der Waals surface area contributed by atoms with Crippen molar-refractivity contribution in [2.24, 2.45) is 5.41 Å². The summed E-state index contributed by atoms with van der Waals surface area (Å²) < 4.78 is 81.0. The van der Waals surface area contributed by atoms with Crippen molar-refractivity contribution < 1.29 is 30.8 Å². The molecule has 1 aromatic heterocycles. The molecule has 2 aliphatic heterocycles. The SMILES string of the molecule is O=C1N(C(c2ccc(NC3Cc4ccc(Cl)c(F)c4C3)nc2)C(F)(F)F)CCCC12CCS(=O)(=O)CC2. The Balaban J connectivity index is 1.34. The van der Waals surface area contributed by atoms with Crippen LogP contribution in [0, 0.1) is 11.2 Å². The van der Waals surface area contributed by atoms with Gasteiger partial charge in [-0.2, -0.15) is 13.2 Å². The van der Waals surface area contributed by atoms with E-state index in [0.717, 1.165) is 16.7 Å². The van der Waals surface area contributed by atoms with Gasteiger partial charge in [-0.25, -0.2) is 17.8 Å². The first-order valence-corrected chi connectivity index (χ1v) is 14.3. The Kier molecular flexibility index (Phi) is 6.67. The number of benzene rings is 1. The summed E-state index contributed by atoms with van der Waals surface area (Å²) in [6.45, 7) is -0.0635. The third-order valence-corrected chi connectivity index (χ3v) is 9.78. The number of halogens is 5. The van der Waals surface area contributed by atoms with Crippen molar-refractivity contribution in [1.82, 2.24) is 9.88 Å². The topological polar surface area (TPSA) is 79.4 Å². The maximum absolute atomic E-state index is 14.3. The van der Waals surface area contributed by atoms with Crippen LogP contribution in [0.25, 0.3) is 0 Å². The van der Waals surface area contributed by atoms with Crippen LogP contribution >= 0.6 is 11.6 Å². The average Bonchev–Trinajstić information content (AvgIpc) is 3.25. The number of piperidine rings is 1. The van der Waals surface area contributed by atoms with Gasteiger partial charge in [0, 0.05) is 24.3 Å². The van der Waals surface area contributed by atoms with E-state index >= 15 is 0 Å². The number of likely N-dealkylation sites (tertiary alicyclic amines) is 1. The predicted molar refractivity (Wildman–Crippen MR) is 131 cm³/mol. The summed E-state index contributed by atoms with van der Waals surface area (Å²) in [5.74, 6) is -1.13. The number of nitrogens with one attached hydrogen (secondary N) is 1.